The van der Waals surface area contributed by atoms with Crippen LogP contribution in [-0.2, 0) is 16.1 Å². The molecule has 2 aromatic rings. The van der Waals surface area contributed by atoms with E-state index in [1.54, 1.807) is 12.1 Å². The molecule has 132 valence electrons. The van der Waals surface area contributed by atoms with Crippen molar-refractivity contribution in [2.24, 2.45) is 5.73 Å². The summed E-state index contributed by atoms with van der Waals surface area (Å²) in [5.41, 5.74) is 6.65. The average molecular weight is 362 g/mol. The predicted octanol–water partition coefficient (Wildman–Crippen LogP) is 1.06. The summed E-state index contributed by atoms with van der Waals surface area (Å²) in [6.07, 6.45) is 0. The van der Waals surface area contributed by atoms with E-state index >= 15 is 0 Å². The maximum absolute atomic E-state index is 13.2. The molecule has 4 N–H and O–H groups in total. The van der Waals surface area contributed by atoms with E-state index in [-0.39, 0.29) is 24.0 Å². The van der Waals surface area contributed by atoms with Crippen LogP contribution in [0.3, 0.4) is 0 Å². The number of carbonyl (C=O) groups excluding carboxylic acids is 2. The molecule has 1 unspecified atom stereocenters. The van der Waals surface area contributed by atoms with Gasteiger partial charge in [-0.1, -0.05) is 24.3 Å². The molecule has 0 aliphatic heterocycles. The van der Waals surface area contributed by atoms with Gasteiger partial charge in [0.15, 0.2) is 6.54 Å². The summed E-state index contributed by atoms with van der Waals surface area (Å²) in [5, 5.41) is 2.86. The van der Waals surface area contributed by atoms with Crippen molar-refractivity contribution in [3.8, 4) is 0 Å². The molecule has 0 fully saturated rings. The topological polar surface area (TPSA) is 76.6 Å². The van der Waals surface area contributed by atoms with Crippen molar-refractivity contribution in [2.75, 3.05) is 24.7 Å². The van der Waals surface area contributed by atoms with E-state index in [1.807, 2.05) is 31.3 Å². The lowest BCUT2D eigenvalue weighted by Gasteiger charge is -2.15. The fourth-order valence-electron chi connectivity index (χ4n) is 2.37. The van der Waals surface area contributed by atoms with Gasteiger partial charge in [0.25, 0.3) is 5.91 Å². The predicted molar refractivity (Wildman–Crippen MR) is 96.8 cm³/mol. The Hall–Kier alpha value is -2.38. The van der Waals surface area contributed by atoms with Gasteiger partial charge < -0.3 is 16.0 Å². The second-order valence-electron chi connectivity index (χ2n) is 5.74. The van der Waals surface area contributed by atoms with Crippen LogP contribution in [0.2, 0.25) is 0 Å². The Kier molecular flexibility index (Phi) is 6.97. The van der Waals surface area contributed by atoms with Crippen LogP contribution in [0.4, 0.5) is 10.1 Å². The molecule has 0 bridgehead atoms. The van der Waals surface area contributed by atoms with E-state index in [2.05, 4.69) is 5.32 Å². The molecule has 7 heteroatoms. The lowest BCUT2D eigenvalue weighted by molar-refractivity contribution is -0.885. The van der Waals surface area contributed by atoms with Gasteiger partial charge in [-0.3, -0.25) is 9.59 Å². The normalized spacial score (nSPS) is 11.8. The molecule has 0 heterocycles. The largest absolute Gasteiger partial charge is 0.369 e. The zero-order valence-electron chi connectivity index (χ0n) is 13.9. The third-order valence-electron chi connectivity index (χ3n) is 3.39. The molecule has 0 aromatic heterocycles. The van der Waals surface area contributed by atoms with Crippen molar-refractivity contribution in [3.63, 3.8) is 0 Å². The van der Waals surface area contributed by atoms with Gasteiger partial charge in [0.1, 0.15) is 12.4 Å². The molecule has 25 heavy (non-hydrogen) atoms. The zero-order chi connectivity index (χ0) is 18.2. The number of primary amides is 1. The lowest BCUT2D eigenvalue weighted by Crippen LogP contribution is -3.08. The van der Waals surface area contributed by atoms with Crippen LogP contribution >= 0.6 is 11.8 Å². The van der Waals surface area contributed by atoms with Crippen LogP contribution in [0.25, 0.3) is 0 Å². The summed E-state index contributed by atoms with van der Waals surface area (Å²) in [6, 6.07) is 13.6. The number of likely N-dealkylation sites (N-methyl/N-ethyl adjacent to an activating group) is 1. The van der Waals surface area contributed by atoms with Crippen LogP contribution in [0, 0.1) is 5.82 Å². The van der Waals surface area contributed by atoms with Gasteiger partial charge in [0.05, 0.1) is 18.5 Å². The van der Waals surface area contributed by atoms with Crippen LogP contribution in [0.5, 0.6) is 0 Å². The summed E-state index contributed by atoms with van der Waals surface area (Å²) in [4.78, 5) is 24.9. The van der Waals surface area contributed by atoms with E-state index in [4.69, 9.17) is 5.73 Å². The van der Waals surface area contributed by atoms with E-state index in [0.29, 0.717) is 12.2 Å². The Morgan fingerprint density at radius 1 is 1.20 bits per heavy atom. The molecule has 2 amide bonds. The first-order valence-electron chi connectivity index (χ1n) is 7.80. The number of rotatable bonds is 8. The maximum Gasteiger partial charge on any atom is 0.279 e. The summed E-state index contributed by atoms with van der Waals surface area (Å²) >= 11 is 1.28. The summed E-state index contributed by atoms with van der Waals surface area (Å²) < 4.78 is 13.2. The fraction of sp³-hybridized carbons (Fsp3) is 0.222. The first-order chi connectivity index (χ1) is 11.9. The van der Waals surface area contributed by atoms with Crippen molar-refractivity contribution >= 4 is 29.3 Å². The monoisotopic (exact) mass is 362 g/mol. The molecule has 0 saturated carbocycles. The zero-order valence-corrected chi connectivity index (χ0v) is 14.7. The number of halogens is 1. The Labute approximate surface area is 150 Å². The molecule has 0 radical (unpaired) electrons. The first-order valence-corrected chi connectivity index (χ1v) is 8.78. The highest BCUT2D eigenvalue weighted by Crippen LogP contribution is 2.26. The van der Waals surface area contributed by atoms with E-state index < -0.39 is 5.91 Å². The third-order valence-corrected chi connectivity index (χ3v) is 4.48. The summed E-state index contributed by atoms with van der Waals surface area (Å²) in [5.74, 6) is -0.695. The van der Waals surface area contributed by atoms with Crippen LogP contribution in [0.15, 0.2) is 53.4 Å². The highest BCUT2D eigenvalue weighted by atomic mass is 32.2. The van der Waals surface area contributed by atoms with Crippen molar-refractivity contribution in [2.45, 2.75) is 11.4 Å². The minimum absolute atomic E-state index is 0.150. The minimum Gasteiger partial charge on any atom is -0.369 e. The highest BCUT2D eigenvalue weighted by molar-refractivity contribution is 8.00. The number of carbonyl (C=O) groups is 2. The molecular weight excluding hydrogens is 341 g/mol. The van der Waals surface area contributed by atoms with E-state index in [9.17, 15) is 14.0 Å². The number of hydrogen-bond donors (Lipinski definition) is 3. The Balaban J connectivity index is 1.92. The van der Waals surface area contributed by atoms with Crippen molar-refractivity contribution in [3.05, 3.63) is 59.9 Å². The number of benzene rings is 2. The van der Waals surface area contributed by atoms with Crippen LogP contribution < -0.4 is 16.0 Å². The van der Waals surface area contributed by atoms with E-state index in [1.165, 1.54) is 23.9 Å². The molecule has 0 saturated heterocycles. The number of hydrogen-bond acceptors (Lipinski definition) is 3. The van der Waals surface area contributed by atoms with Crippen LogP contribution in [0.1, 0.15) is 5.56 Å². The Bertz CT molecular complexity index is 755. The third kappa shape index (κ3) is 6.56. The van der Waals surface area contributed by atoms with Crippen molar-refractivity contribution < 1.29 is 18.9 Å². The maximum atomic E-state index is 13.2. The second-order valence-corrected chi connectivity index (χ2v) is 6.76. The molecule has 0 spiro atoms. The number of anilines is 1. The number of amides is 2. The molecule has 2 rings (SSSR count). The van der Waals surface area contributed by atoms with Crippen molar-refractivity contribution in [1.82, 2.24) is 0 Å². The second kappa shape index (κ2) is 9.19. The quantitative estimate of drug-likeness (QED) is 0.615. The lowest BCUT2D eigenvalue weighted by atomic mass is 10.2. The highest BCUT2D eigenvalue weighted by Gasteiger charge is 2.13. The van der Waals surface area contributed by atoms with Gasteiger partial charge in [-0.05, 0) is 24.3 Å². The standard InChI is InChI=1S/C18H20FN3O2S/c1-22(10-13-5-4-6-14(19)9-13)11-18(24)21-15-7-2-3-8-16(15)25-12-17(20)23/h2-9H,10-12H2,1H3,(H2,20,23)(H,21,24)/p+1. The number of nitrogens with two attached hydrogens (primary N) is 1. The van der Waals surface area contributed by atoms with Crippen LogP contribution in [-0.4, -0.2) is 31.2 Å². The van der Waals surface area contributed by atoms with E-state index in [0.717, 1.165) is 15.4 Å². The molecular formula is C18H21FN3O2S+. The van der Waals surface area contributed by atoms with Gasteiger partial charge in [0, 0.05) is 10.5 Å². The number of nitrogens with one attached hydrogen (secondary N) is 2. The molecule has 0 aliphatic rings. The van der Waals surface area contributed by atoms with Gasteiger partial charge in [-0.2, -0.15) is 0 Å². The minimum atomic E-state index is -0.412. The Morgan fingerprint density at radius 2 is 1.96 bits per heavy atom. The number of quaternary nitrogens is 1. The first kappa shape index (κ1) is 19.0. The van der Waals surface area contributed by atoms with Gasteiger partial charge in [-0.25, -0.2) is 4.39 Å². The molecule has 2 aromatic carbocycles. The smallest absolute Gasteiger partial charge is 0.279 e. The number of para-hydroxylation sites is 1. The van der Waals surface area contributed by atoms with Gasteiger partial charge in [0.2, 0.25) is 5.91 Å². The van der Waals surface area contributed by atoms with Gasteiger partial charge >= 0.3 is 0 Å². The Morgan fingerprint density at radius 3 is 2.68 bits per heavy atom. The fourth-order valence-corrected chi connectivity index (χ4v) is 3.12. The number of thioether (sulfide) groups is 1. The summed E-state index contributed by atoms with van der Waals surface area (Å²) in [6.45, 7) is 0.786. The van der Waals surface area contributed by atoms with Crippen molar-refractivity contribution in [1.29, 1.82) is 0 Å². The van der Waals surface area contributed by atoms with Gasteiger partial charge in [-0.15, -0.1) is 11.8 Å². The molecule has 5 nitrogen and oxygen atoms in total. The SMILES string of the molecule is C[NH+](CC(=O)Nc1ccccc1SCC(N)=O)Cc1cccc(F)c1. The average Bonchev–Trinajstić information content (AvgIpc) is 2.53. The molecule has 0 aliphatic carbocycles. The molecule has 1 atom stereocenters. The summed E-state index contributed by atoms with van der Waals surface area (Å²) in [7, 11) is 1.87.